The molecule has 17 heavy (non-hydrogen) atoms. The van der Waals surface area contributed by atoms with Crippen molar-refractivity contribution in [3.05, 3.63) is 35.9 Å². The smallest absolute Gasteiger partial charge is 0.234 e. The quantitative estimate of drug-likeness (QED) is 0.680. The molecule has 0 aliphatic heterocycles. The molecule has 0 fully saturated rings. The van der Waals surface area contributed by atoms with Crippen LogP contribution in [0.3, 0.4) is 0 Å². The van der Waals surface area contributed by atoms with Gasteiger partial charge < -0.3 is 15.7 Å². The van der Waals surface area contributed by atoms with Gasteiger partial charge in [-0.3, -0.25) is 4.79 Å². The van der Waals surface area contributed by atoms with E-state index in [-0.39, 0.29) is 12.5 Å². The van der Waals surface area contributed by atoms with Crippen molar-refractivity contribution in [2.45, 2.75) is 26.0 Å². The van der Waals surface area contributed by atoms with E-state index in [1.54, 1.807) is 13.8 Å². The lowest BCUT2D eigenvalue weighted by molar-refractivity contribution is -0.120. The summed E-state index contributed by atoms with van der Waals surface area (Å²) in [6.07, 6.45) is 0. The Labute approximate surface area is 102 Å². The summed E-state index contributed by atoms with van der Waals surface area (Å²) in [5.74, 6) is -0.0712. The molecule has 0 heterocycles. The van der Waals surface area contributed by atoms with Gasteiger partial charge in [0.25, 0.3) is 0 Å². The first kappa shape index (κ1) is 13.7. The third-order valence-electron chi connectivity index (χ3n) is 2.18. The third kappa shape index (κ3) is 6.71. The number of nitrogens with one attached hydrogen (secondary N) is 2. The molecule has 0 spiro atoms. The maximum absolute atomic E-state index is 11.4. The van der Waals surface area contributed by atoms with Gasteiger partial charge in [0, 0.05) is 13.1 Å². The van der Waals surface area contributed by atoms with Crippen molar-refractivity contribution >= 4 is 5.91 Å². The Kier molecular flexibility index (Phi) is 5.12. The molecule has 0 atom stereocenters. The van der Waals surface area contributed by atoms with Crippen LogP contribution in [0.5, 0.6) is 0 Å². The SMILES string of the molecule is CC(C)(O)CNCC(=O)NCc1ccccc1. The summed E-state index contributed by atoms with van der Waals surface area (Å²) >= 11 is 0. The van der Waals surface area contributed by atoms with Crippen LogP contribution in [0, 0.1) is 0 Å². The lowest BCUT2D eigenvalue weighted by atomic mass is 10.1. The molecule has 0 aliphatic carbocycles. The predicted octanol–water partition coefficient (Wildman–Crippen LogP) is 0.663. The Bertz CT molecular complexity index is 344. The molecule has 1 aromatic rings. The van der Waals surface area contributed by atoms with Gasteiger partial charge in [-0.05, 0) is 19.4 Å². The second-order valence-electron chi connectivity index (χ2n) is 4.68. The van der Waals surface area contributed by atoms with E-state index in [1.807, 2.05) is 30.3 Å². The Morgan fingerprint density at radius 1 is 1.29 bits per heavy atom. The van der Waals surface area contributed by atoms with Crippen LogP contribution in [0.1, 0.15) is 19.4 Å². The van der Waals surface area contributed by atoms with Gasteiger partial charge in [-0.1, -0.05) is 30.3 Å². The van der Waals surface area contributed by atoms with Crippen molar-refractivity contribution in [1.29, 1.82) is 0 Å². The van der Waals surface area contributed by atoms with Crippen molar-refractivity contribution in [2.24, 2.45) is 0 Å². The fourth-order valence-electron chi connectivity index (χ4n) is 1.34. The highest BCUT2D eigenvalue weighted by Gasteiger charge is 2.11. The standard InChI is InChI=1S/C13H20N2O2/c1-13(2,17)10-14-9-12(16)15-8-11-6-4-3-5-7-11/h3-7,14,17H,8-10H2,1-2H3,(H,15,16). The van der Waals surface area contributed by atoms with Gasteiger partial charge in [-0.2, -0.15) is 0 Å². The molecule has 4 nitrogen and oxygen atoms in total. The minimum absolute atomic E-state index is 0.0712. The van der Waals surface area contributed by atoms with E-state index in [4.69, 9.17) is 0 Å². The van der Waals surface area contributed by atoms with Crippen LogP contribution in [0.15, 0.2) is 30.3 Å². The maximum Gasteiger partial charge on any atom is 0.234 e. The van der Waals surface area contributed by atoms with Crippen molar-refractivity contribution in [3.63, 3.8) is 0 Å². The number of hydrogen-bond acceptors (Lipinski definition) is 3. The number of hydrogen-bond donors (Lipinski definition) is 3. The number of carbonyl (C=O) groups excluding carboxylic acids is 1. The summed E-state index contributed by atoms with van der Waals surface area (Å²) in [6, 6.07) is 9.74. The fraction of sp³-hybridized carbons (Fsp3) is 0.462. The second-order valence-corrected chi connectivity index (χ2v) is 4.68. The van der Waals surface area contributed by atoms with Crippen LogP contribution in [-0.4, -0.2) is 29.7 Å². The monoisotopic (exact) mass is 236 g/mol. The van der Waals surface area contributed by atoms with E-state index < -0.39 is 5.60 Å². The molecule has 1 aromatic carbocycles. The topological polar surface area (TPSA) is 61.4 Å². The molecule has 0 unspecified atom stereocenters. The minimum Gasteiger partial charge on any atom is -0.389 e. The highest BCUT2D eigenvalue weighted by molar-refractivity contribution is 5.77. The molecule has 4 heteroatoms. The molecule has 0 radical (unpaired) electrons. The number of amides is 1. The first-order valence-corrected chi connectivity index (χ1v) is 5.71. The normalized spacial score (nSPS) is 11.2. The van der Waals surface area contributed by atoms with E-state index in [9.17, 15) is 9.90 Å². The summed E-state index contributed by atoms with van der Waals surface area (Å²) < 4.78 is 0. The van der Waals surface area contributed by atoms with Crippen LogP contribution in [-0.2, 0) is 11.3 Å². The highest BCUT2D eigenvalue weighted by Crippen LogP contribution is 1.97. The van der Waals surface area contributed by atoms with Crippen LogP contribution >= 0.6 is 0 Å². The Hall–Kier alpha value is -1.39. The molecule has 0 bridgehead atoms. The summed E-state index contributed by atoms with van der Waals surface area (Å²) in [5.41, 5.74) is 0.281. The Morgan fingerprint density at radius 3 is 2.53 bits per heavy atom. The van der Waals surface area contributed by atoms with Crippen LogP contribution in [0.4, 0.5) is 0 Å². The van der Waals surface area contributed by atoms with Crippen molar-refractivity contribution in [1.82, 2.24) is 10.6 Å². The Morgan fingerprint density at radius 2 is 1.94 bits per heavy atom. The molecule has 0 saturated carbocycles. The molecule has 0 aromatic heterocycles. The van der Waals surface area contributed by atoms with E-state index in [0.717, 1.165) is 5.56 Å². The molecule has 1 amide bonds. The fourth-order valence-corrected chi connectivity index (χ4v) is 1.34. The largest absolute Gasteiger partial charge is 0.389 e. The van der Waals surface area contributed by atoms with Gasteiger partial charge in [0.05, 0.1) is 12.1 Å². The van der Waals surface area contributed by atoms with Crippen LogP contribution in [0.25, 0.3) is 0 Å². The van der Waals surface area contributed by atoms with E-state index in [0.29, 0.717) is 13.1 Å². The van der Waals surface area contributed by atoms with Crippen LogP contribution in [0.2, 0.25) is 0 Å². The van der Waals surface area contributed by atoms with Gasteiger partial charge in [0.1, 0.15) is 0 Å². The summed E-state index contributed by atoms with van der Waals surface area (Å²) in [7, 11) is 0. The summed E-state index contributed by atoms with van der Waals surface area (Å²) in [4.78, 5) is 11.4. The Balaban J connectivity index is 2.18. The predicted molar refractivity (Wildman–Crippen MR) is 67.5 cm³/mol. The first-order chi connectivity index (χ1) is 7.97. The van der Waals surface area contributed by atoms with Gasteiger partial charge >= 0.3 is 0 Å². The minimum atomic E-state index is -0.792. The highest BCUT2D eigenvalue weighted by atomic mass is 16.3. The summed E-state index contributed by atoms with van der Waals surface area (Å²) in [5, 5.41) is 15.1. The first-order valence-electron chi connectivity index (χ1n) is 5.71. The average molecular weight is 236 g/mol. The second kappa shape index (κ2) is 6.37. The molecule has 94 valence electrons. The third-order valence-corrected chi connectivity index (χ3v) is 2.18. The van der Waals surface area contributed by atoms with Crippen LogP contribution < -0.4 is 10.6 Å². The van der Waals surface area contributed by atoms with E-state index >= 15 is 0 Å². The zero-order valence-corrected chi connectivity index (χ0v) is 10.4. The van der Waals surface area contributed by atoms with E-state index in [2.05, 4.69) is 10.6 Å². The average Bonchev–Trinajstić information content (AvgIpc) is 2.26. The van der Waals surface area contributed by atoms with Gasteiger partial charge in [-0.15, -0.1) is 0 Å². The number of rotatable bonds is 6. The number of benzene rings is 1. The maximum atomic E-state index is 11.4. The number of aliphatic hydroxyl groups is 1. The van der Waals surface area contributed by atoms with E-state index in [1.165, 1.54) is 0 Å². The lowest BCUT2D eigenvalue weighted by Gasteiger charge is -2.17. The molecule has 0 saturated heterocycles. The lowest BCUT2D eigenvalue weighted by Crippen LogP contribution is -2.40. The molecule has 0 aliphatic rings. The van der Waals surface area contributed by atoms with Gasteiger partial charge in [0.2, 0.25) is 5.91 Å². The zero-order chi connectivity index (χ0) is 12.7. The molecular weight excluding hydrogens is 216 g/mol. The zero-order valence-electron chi connectivity index (χ0n) is 10.4. The number of carbonyl (C=O) groups is 1. The molecule has 3 N–H and O–H groups in total. The van der Waals surface area contributed by atoms with Crippen molar-refractivity contribution < 1.29 is 9.90 Å². The van der Waals surface area contributed by atoms with Gasteiger partial charge in [0.15, 0.2) is 0 Å². The van der Waals surface area contributed by atoms with Crippen molar-refractivity contribution in [3.8, 4) is 0 Å². The van der Waals surface area contributed by atoms with Crippen molar-refractivity contribution in [2.75, 3.05) is 13.1 Å². The molecular formula is C13H20N2O2. The van der Waals surface area contributed by atoms with Gasteiger partial charge in [-0.25, -0.2) is 0 Å². The summed E-state index contributed by atoms with van der Waals surface area (Å²) in [6.45, 7) is 4.54. The molecule has 1 rings (SSSR count).